The van der Waals surface area contributed by atoms with Crippen LogP contribution in [-0.4, -0.2) is 44.0 Å². The number of nitrogens with zero attached hydrogens (tertiary/aromatic N) is 1. The second-order valence-electron chi connectivity index (χ2n) is 4.89. The molecule has 0 aromatic rings. The molecule has 0 spiro atoms. The van der Waals surface area contributed by atoms with Crippen LogP contribution in [0, 0.1) is 0 Å². The molecule has 0 amide bonds. The molecular weight excluding hydrogens is 198 g/mol. The minimum atomic E-state index is -2.75. The molecular formula is C10H19NO2S. The molecule has 0 aromatic heterocycles. The van der Waals surface area contributed by atoms with Crippen molar-refractivity contribution in [2.75, 3.05) is 19.8 Å². The zero-order chi connectivity index (χ0) is 10.4. The summed E-state index contributed by atoms with van der Waals surface area (Å²) in [6, 6.07) is 0. The molecule has 1 aliphatic carbocycles. The number of sulfone groups is 1. The third-order valence-electron chi connectivity index (χ3n) is 3.95. The highest BCUT2D eigenvalue weighted by Crippen LogP contribution is 2.44. The quantitative estimate of drug-likeness (QED) is 0.659. The maximum atomic E-state index is 11.7. The molecule has 2 fully saturated rings. The van der Waals surface area contributed by atoms with Crippen LogP contribution in [0.5, 0.6) is 0 Å². The van der Waals surface area contributed by atoms with Gasteiger partial charge in [0.15, 0.2) is 9.84 Å². The SMILES string of the molecule is CN(C)[C@@]12CCCCC[C@@H]1S(=O)(=O)C2. The van der Waals surface area contributed by atoms with Gasteiger partial charge < -0.3 is 4.90 Å². The summed E-state index contributed by atoms with van der Waals surface area (Å²) in [5, 5.41) is -0.0764. The molecule has 0 N–H and O–H groups in total. The van der Waals surface area contributed by atoms with Crippen LogP contribution in [0.1, 0.15) is 32.1 Å². The first-order valence-corrected chi connectivity index (χ1v) is 7.10. The van der Waals surface area contributed by atoms with Gasteiger partial charge in [-0.25, -0.2) is 8.42 Å². The van der Waals surface area contributed by atoms with E-state index in [4.69, 9.17) is 0 Å². The average Bonchev–Trinajstić information content (AvgIpc) is 2.24. The van der Waals surface area contributed by atoms with Gasteiger partial charge in [0.1, 0.15) is 0 Å². The molecule has 2 aliphatic rings. The van der Waals surface area contributed by atoms with Crippen LogP contribution >= 0.6 is 0 Å². The third-order valence-corrected chi connectivity index (χ3v) is 6.39. The average molecular weight is 217 g/mol. The van der Waals surface area contributed by atoms with Crippen molar-refractivity contribution in [3.05, 3.63) is 0 Å². The van der Waals surface area contributed by atoms with E-state index in [2.05, 4.69) is 4.90 Å². The Bertz CT molecular complexity index is 323. The van der Waals surface area contributed by atoms with E-state index in [1.807, 2.05) is 14.1 Å². The molecule has 0 bridgehead atoms. The van der Waals surface area contributed by atoms with Crippen LogP contribution in [0.2, 0.25) is 0 Å². The van der Waals surface area contributed by atoms with Gasteiger partial charge in [-0.2, -0.15) is 0 Å². The molecule has 1 heterocycles. The summed E-state index contributed by atoms with van der Waals surface area (Å²) < 4.78 is 23.4. The van der Waals surface area contributed by atoms with Gasteiger partial charge in [-0.05, 0) is 26.9 Å². The number of rotatable bonds is 1. The van der Waals surface area contributed by atoms with E-state index < -0.39 is 9.84 Å². The standard InChI is InChI=1S/C10H19NO2S/c1-11(2)10-7-5-3-4-6-9(10)14(12,13)8-10/h9H,3-8H2,1-2H3/t9-,10+/m0/s1. The molecule has 1 saturated carbocycles. The van der Waals surface area contributed by atoms with Crippen molar-refractivity contribution < 1.29 is 8.42 Å². The van der Waals surface area contributed by atoms with Crippen molar-refractivity contribution in [3.8, 4) is 0 Å². The lowest BCUT2D eigenvalue weighted by atomic mass is 9.89. The van der Waals surface area contributed by atoms with Crippen molar-refractivity contribution in [2.45, 2.75) is 42.9 Å². The summed E-state index contributed by atoms with van der Waals surface area (Å²) >= 11 is 0. The van der Waals surface area contributed by atoms with Crippen molar-refractivity contribution in [1.29, 1.82) is 0 Å². The third kappa shape index (κ3) is 1.31. The molecule has 82 valence electrons. The van der Waals surface area contributed by atoms with Crippen molar-refractivity contribution in [3.63, 3.8) is 0 Å². The predicted octanol–water partition coefficient (Wildman–Crippen LogP) is 1.05. The Balaban J connectivity index is 2.30. The fraction of sp³-hybridized carbons (Fsp3) is 1.00. The van der Waals surface area contributed by atoms with Gasteiger partial charge >= 0.3 is 0 Å². The number of hydrogen-bond acceptors (Lipinski definition) is 3. The van der Waals surface area contributed by atoms with E-state index in [0.29, 0.717) is 5.75 Å². The van der Waals surface area contributed by atoms with Crippen LogP contribution < -0.4 is 0 Å². The van der Waals surface area contributed by atoms with Crippen molar-refractivity contribution >= 4 is 9.84 Å². The highest BCUT2D eigenvalue weighted by atomic mass is 32.2. The fourth-order valence-corrected chi connectivity index (χ4v) is 5.85. The first-order chi connectivity index (χ1) is 6.49. The molecule has 2 rings (SSSR count). The second-order valence-corrected chi connectivity index (χ2v) is 7.08. The van der Waals surface area contributed by atoms with E-state index in [1.165, 1.54) is 12.8 Å². The van der Waals surface area contributed by atoms with Gasteiger partial charge in [-0.3, -0.25) is 0 Å². The minimum absolute atomic E-state index is 0.0185. The van der Waals surface area contributed by atoms with Gasteiger partial charge in [0.05, 0.1) is 16.5 Å². The normalized spacial score (nSPS) is 41.2. The molecule has 1 aliphatic heterocycles. The lowest BCUT2D eigenvalue weighted by molar-refractivity contribution is 0.135. The van der Waals surface area contributed by atoms with Gasteiger partial charge in [0.2, 0.25) is 0 Å². The highest BCUT2D eigenvalue weighted by molar-refractivity contribution is 7.93. The van der Waals surface area contributed by atoms with Gasteiger partial charge in [0, 0.05) is 0 Å². The topological polar surface area (TPSA) is 37.4 Å². The first kappa shape index (κ1) is 10.4. The Labute approximate surface area is 86.4 Å². The highest BCUT2D eigenvalue weighted by Gasteiger charge is 2.59. The molecule has 14 heavy (non-hydrogen) atoms. The van der Waals surface area contributed by atoms with Gasteiger partial charge in [-0.1, -0.05) is 19.3 Å². The lowest BCUT2D eigenvalue weighted by Gasteiger charge is -2.52. The molecule has 3 nitrogen and oxygen atoms in total. The lowest BCUT2D eigenvalue weighted by Crippen LogP contribution is -2.69. The van der Waals surface area contributed by atoms with Crippen LogP contribution in [-0.2, 0) is 9.84 Å². The minimum Gasteiger partial charge on any atom is -0.301 e. The van der Waals surface area contributed by atoms with E-state index in [0.717, 1.165) is 19.3 Å². The van der Waals surface area contributed by atoms with Crippen LogP contribution in [0.25, 0.3) is 0 Å². The Morgan fingerprint density at radius 2 is 1.93 bits per heavy atom. The number of hydrogen-bond donors (Lipinski definition) is 0. The molecule has 4 heteroatoms. The molecule has 2 atom stereocenters. The van der Waals surface area contributed by atoms with E-state index >= 15 is 0 Å². The van der Waals surface area contributed by atoms with Crippen LogP contribution in [0.4, 0.5) is 0 Å². The molecule has 1 saturated heterocycles. The summed E-state index contributed by atoms with van der Waals surface area (Å²) in [6.07, 6.45) is 5.40. The monoisotopic (exact) mass is 217 g/mol. The number of fused-ring (bicyclic) bond motifs is 1. The van der Waals surface area contributed by atoms with Crippen molar-refractivity contribution in [2.24, 2.45) is 0 Å². The van der Waals surface area contributed by atoms with Crippen molar-refractivity contribution in [1.82, 2.24) is 4.90 Å². The Kier molecular flexibility index (Phi) is 2.39. The summed E-state index contributed by atoms with van der Waals surface area (Å²) in [6.45, 7) is 0. The zero-order valence-corrected chi connectivity index (χ0v) is 9.81. The maximum absolute atomic E-state index is 11.7. The molecule has 0 unspecified atom stereocenters. The predicted molar refractivity (Wildman–Crippen MR) is 57.1 cm³/mol. The first-order valence-electron chi connectivity index (χ1n) is 5.38. The zero-order valence-electron chi connectivity index (χ0n) is 8.99. The Morgan fingerprint density at radius 3 is 2.50 bits per heavy atom. The Morgan fingerprint density at radius 1 is 1.21 bits per heavy atom. The Hall–Kier alpha value is -0.0900. The van der Waals surface area contributed by atoms with E-state index in [9.17, 15) is 8.42 Å². The fourth-order valence-electron chi connectivity index (χ4n) is 3.04. The summed E-state index contributed by atoms with van der Waals surface area (Å²) in [4.78, 5) is 2.14. The largest absolute Gasteiger partial charge is 0.301 e. The summed E-state index contributed by atoms with van der Waals surface area (Å²) in [7, 11) is 1.29. The maximum Gasteiger partial charge on any atom is 0.156 e. The van der Waals surface area contributed by atoms with E-state index in [-0.39, 0.29) is 10.8 Å². The van der Waals surface area contributed by atoms with Crippen LogP contribution in [0.3, 0.4) is 0 Å². The summed E-state index contributed by atoms with van der Waals surface area (Å²) in [5.41, 5.74) is -0.0185. The smallest absolute Gasteiger partial charge is 0.156 e. The van der Waals surface area contributed by atoms with Crippen LogP contribution in [0.15, 0.2) is 0 Å². The second kappa shape index (κ2) is 3.20. The van der Waals surface area contributed by atoms with Gasteiger partial charge in [-0.15, -0.1) is 0 Å². The molecule has 0 radical (unpaired) electrons. The van der Waals surface area contributed by atoms with E-state index in [1.54, 1.807) is 0 Å². The summed E-state index contributed by atoms with van der Waals surface area (Å²) in [5.74, 6) is 0.387. The molecule has 0 aromatic carbocycles. The van der Waals surface area contributed by atoms with Gasteiger partial charge in [0.25, 0.3) is 0 Å².